The molecule has 0 N–H and O–H groups in total. The number of rotatable bonds is 2. The maximum absolute atomic E-state index is 14.1. The van der Waals surface area contributed by atoms with Gasteiger partial charge in [-0.05, 0) is 41.3 Å². The summed E-state index contributed by atoms with van der Waals surface area (Å²) in [7, 11) is 0. The smallest absolute Gasteiger partial charge is 0.239 e. The highest BCUT2D eigenvalue weighted by Gasteiger charge is 2.70. The van der Waals surface area contributed by atoms with E-state index in [-0.39, 0.29) is 30.3 Å². The predicted octanol–water partition coefficient (Wildman–Crippen LogP) is 3.56. The molecule has 33 heavy (non-hydrogen) atoms. The fraction of sp³-hybridized carbons (Fsp3) is 0.222. The summed E-state index contributed by atoms with van der Waals surface area (Å²) >= 11 is 0. The first-order chi connectivity index (χ1) is 16.0. The number of nitrogens with zero attached hydrogens (tertiary/aromatic N) is 1. The maximum atomic E-state index is 14.1. The Kier molecular flexibility index (Phi) is 3.44. The molecule has 3 aromatic rings. The molecule has 162 valence electrons. The van der Waals surface area contributed by atoms with Crippen molar-refractivity contribution in [2.45, 2.75) is 18.3 Å². The summed E-state index contributed by atoms with van der Waals surface area (Å²) < 4.78 is 10.9. The first-order valence-corrected chi connectivity index (χ1v) is 11.0. The number of carbonyl (C=O) groups excluding carboxylic acids is 3. The van der Waals surface area contributed by atoms with E-state index < -0.39 is 17.3 Å². The number of carbonyl (C=O) groups is 3. The summed E-state index contributed by atoms with van der Waals surface area (Å²) in [5.74, 6) is -1.37. The van der Waals surface area contributed by atoms with Crippen LogP contribution >= 0.6 is 0 Å². The number of ketones is 1. The number of amides is 2. The van der Waals surface area contributed by atoms with Crippen LogP contribution in [0.2, 0.25) is 0 Å². The molecule has 2 heterocycles. The molecule has 6 heteroatoms. The van der Waals surface area contributed by atoms with Gasteiger partial charge in [0, 0.05) is 12.0 Å². The Morgan fingerprint density at radius 1 is 0.879 bits per heavy atom. The number of hydrogen-bond donors (Lipinski definition) is 0. The van der Waals surface area contributed by atoms with Gasteiger partial charge >= 0.3 is 0 Å². The van der Waals surface area contributed by atoms with Gasteiger partial charge in [-0.25, -0.2) is 4.90 Å². The summed E-state index contributed by atoms with van der Waals surface area (Å²) in [4.78, 5) is 42.8. The SMILES string of the molecule is CC(=O)C12c3ccccc3C(c3ccccc31)[C@H]1C(=O)N(c3ccc4c(c3)OCO4)C(=O)[C@H]12. The average Bonchev–Trinajstić information content (AvgIpc) is 3.41. The number of Topliss-reactive ketones (excluding diaryl/α,β-unsaturated/α-hetero) is 1. The standard InChI is InChI=1S/C27H19NO5/c1-14(29)27-18-8-4-2-6-16(18)22(17-7-3-5-9-19(17)27)23-24(27)26(31)28(25(23)30)15-10-11-20-21(12-15)33-13-32-20/h2-12,22-24H,13H2,1H3/t22?,23-,24+,27?/m1/s1. The zero-order chi connectivity index (χ0) is 22.5. The highest BCUT2D eigenvalue weighted by atomic mass is 16.7. The van der Waals surface area contributed by atoms with Crippen LogP contribution in [-0.4, -0.2) is 24.4 Å². The Hall–Kier alpha value is -3.93. The van der Waals surface area contributed by atoms with E-state index in [1.54, 1.807) is 18.2 Å². The number of imide groups is 1. The van der Waals surface area contributed by atoms with Crippen LogP contribution in [0.3, 0.4) is 0 Å². The molecular weight excluding hydrogens is 418 g/mol. The van der Waals surface area contributed by atoms with Crippen LogP contribution in [0.5, 0.6) is 11.5 Å². The van der Waals surface area contributed by atoms with Crippen molar-refractivity contribution in [1.82, 2.24) is 0 Å². The molecule has 3 aliphatic carbocycles. The molecule has 6 nitrogen and oxygen atoms in total. The molecule has 0 spiro atoms. The topological polar surface area (TPSA) is 72.9 Å². The van der Waals surface area contributed by atoms with Crippen molar-refractivity contribution in [2.24, 2.45) is 11.8 Å². The van der Waals surface area contributed by atoms with Gasteiger partial charge in [0.05, 0.1) is 22.9 Å². The molecule has 0 saturated carbocycles. The Morgan fingerprint density at radius 2 is 1.52 bits per heavy atom. The van der Waals surface area contributed by atoms with E-state index in [0.29, 0.717) is 17.2 Å². The van der Waals surface area contributed by atoms with Gasteiger partial charge in [0.1, 0.15) is 5.78 Å². The van der Waals surface area contributed by atoms with Gasteiger partial charge in [-0.2, -0.15) is 0 Å². The van der Waals surface area contributed by atoms with Crippen LogP contribution < -0.4 is 14.4 Å². The Bertz CT molecular complexity index is 1360. The lowest BCUT2D eigenvalue weighted by Crippen LogP contribution is -2.57. The summed E-state index contributed by atoms with van der Waals surface area (Å²) in [5.41, 5.74) is 2.86. The predicted molar refractivity (Wildman–Crippen MR) is 118 cm³/mol. The average molecular weight is 437 g/mol. The number of hydrogen-bond acceptors (Lipinski definition) is 5. The summed E-state index contributed by atoms with van der Waals surface area (Å²) in [6.07, 6.45) is 0. The molecule has 3 aromatic carbocycles. The van der Waals surface area contributed by atoms with E-state index in [1.807, 2.05) is 48.5 Å². The normalized spacial score (nSPS) is 27.9. The fourth-order valence-corrected chi connectivity index (χ4v) is 6.65. The lowest BCUT2D eigenvalue weighted by Gasteiger charge is -2.52. The minimum atomic E-state index is -1.19. The van der Waals surface area contributed by atoms with Gasteiger partial charge in [-0.3, -0.25) is 14.4 Å². The molecule has 2 aliphatic heterocycles. The van der Waals surface area contributed by atoms with Gasteiger partial charge in [-0.1, -0.05) is 48.5 Å². The summed E-state index contributed by atoms with van der Waals surface area (Å²) in [5, 5.41) is 0. The van der Waals surface area contributed by atoms with Crippen molar-refractivity contribution in [2.75, 3.05) is 11.7 Å². The number of benzene rings is 3. The zero-order valence-electron chi connectivity index (χ0n) is 17.8. The number of fused-ring (bicyclic) bond motifs is 1. The third-order valence-electron chi connectivity index (χ3n) is 7.79. The highest BCUT2D eigenvalue weighted by Crippen LogP contribution is 2.64. The van der Waals surface area contributed by atoms with Gasteiger partial charge < -0.3 is 9.47 Å². The van der Waals surface area contributed by atoms with Crippen LogP contribution in [-0.2, 0) is 19.8 Å². The van der Waals surface area contributed by atoms with E-state index in [4.69, 9.17) is 9.47 Å². The molecule has 0 unspecified atom stereocenters. The molecule has 1 fully saturated rings. The molecule has 2 amide bonds. The largest absolute Gasteiger partial charge is 0.454 e. The lowest BCUT2D eigenvalue weighted by atomic mass is 9.46. The second-order valence-electron chi connectivity index (χ2n) is 9.07. The van der Waals surface area contributed by atoms with Crippen LogP contribution in [0.1, 0.15) is 35.1 Å². The van der Waals surface area contributed by atoms with Crippen molar-refractivity contribution in [1.29, 1.82) is 0 Å². The molecule has 8 rings (SSSR count). The molecule has 5 aliphatic rings. The van der Waals surface area contributed by atoms with Crippen molar-refractivity contribution in [3.8, 4) is 11.5 Å². The van der Waals surface area contributed by atoms with Crippen molar-refractivity contribution < 1.29 is 23.9 Å². The first-order valence-electron chi connectivity index (χ1n) is 11.0. The zero-order valence-corrected chi connectivity index (χ0v) is 17.8. The van der Waals surface area contributed by atoms with E-state index >= 15 is 0 Å². The van der Waals surface area contributed by atoms with E-state index in [0.717, 1.165) is 22.3 Å². The monoisotopic (exact) mass is 437 g/mol. The molecule has 2 atom stereocenters. The quantitative estimate of drug-likeness (QED) is 0.574. The second kappa shape index (κ2) is 6.10. The molecular formula is C27H19NO5. The van der Waals surface area contributed by atoms with Crippen molar-refractivity contribution in [3.63, 3.8) is 0 Å². The summed E-state index contributed by atoms with van der Waals surface area (Å²) in [6.45, 7) is 1.64. The van der Waals surface area contributed by atoms with Crippen LogP contribution in [0.25, 0.3) is 0 Å². The van der Waals surface area contributed by atoms with Crippen LogP contribution in [0, 0.1) is 11.8 Å². The Morgan fingerprint density at radius 3 is 2.18 bits per heavy atom. The van der Waals surface area contributed by atoms with Crippen molar-refractivity contribution in [3.05, 3.63) is 89.0 Å². The number of ether oxygens (including phenoxy) is 2. The van der Waals surface area contributed by atoms with Gasteiger partial charge in [0.15, 0.2) is 11.5 Å². The van der Waals surface area contributed by atoms with Gasteiger partial charge in [-0.15, -0.1) is 0 Å². The molecule has 2 bridgehead atoms. The third-order valence-corrected chi connectivity index (χ3v) is 7.79. The molecule has 0 radical (unpaired) electrons. The Labute approximate surface area is 189 Å². The summed E-state index contributed by atoms with van der Waals surface area (Å²) in [6, 6.07) is 20.6. The van der Waals surface area contributed by atoms with Gasteiger partial charge in [0.2, 0.25) is 18.6 Å². The minimum Gasteiger partial charge on any atom is -0.454 e. The highest BCUT2D eigenvalue weighted by molar-refractivity contribution is 6.25. The van der Waals surface area contributed by atoms with E-state index in [2.05, 4.69) is 0 Å². The van der Waals surface area contributed by atoms with Gasteiger partial charge in [0.25, 0.3) is 0 Å². The fourth-order valence-electron chi connectivity index (χ4n) is 6.65. The first kappa shape index (κ1) is 18.6. The van der Waals surface area contributed by atoms with Crippen LogP contribution in [0.4, 0.5) is 5.69 Å². The van der Waals surface area contributed by atoms with E-state index in [9.17, 15) is 14.4 Å². The maximum Gasteiger partial charge on any atom is 0.239 e. The second-order valence-corrected chi connectivity index (χ2v) is 9.07. The third kappa shape index (κ3) is 2.02. The van der Waals surface area contributed by atoms with Crippen LogP contribution in [0.15, 0.2) is 66.7 Å². The van der Waals surface area contributed by atoms with Crippen molar-refractivity contribution >= 4 is 23.3 Å². The molecule has 0 aromatic heterocycles. The molecule has 1 saturated heterocycles. The lowest BCUT2D eigenvalue weighted by molar-refractivity contribution is -0.132. The van der Waals surface area contributed by atoms with E-state index in [1.165, 1.54) is 11.8 Å². The Balaban J connectivity index is 1.50. The minimum absolute atomic E-state index is 0.103. The number of anilines is 1.